The molecule has 1 heterocycles. The average molecular weight is 337 g/mol. The minimum atomic E-state index is -0.108. The Morgan fingerprint density at radius 3 is 2.54 bits per heavy atom. The molecule has 24 heavy (non-hydrogen) atoms. The number of hydrogen-bond donors (Lipinski definition) is 1. The van der Waals surface area contributed by atoms with Crippen LogP contribution >= 0.6 is 11.8 Å². The van der Waals surface area contributed by atoms with Crippen LogP contribution < -0.4 is 10.2 Å². The van der Waals surface area contributed by atoms with E-state index in [1.165, 1.54) is 11.8 Å². The molecule has 3 rings (SSSR count). The summed E-state index contributed by atoms with van der Waals surface area (Å²) < 4.78 is 0. The fraction of sp³-hybridized carbons (Fsp3) is 0.158. The highest BCUT2D eigenvalue weighted by Gasteiger charge is 2.23. The third-order valence-electron chi connectivity index (χ3n) is 3.59. The van der Waals surface area contributed by atoms with Crippen molar-refractivity contribution in [3.8, 4) is 0 Å². The molecule has 1 aliphatic heterocycles. The molecule has 0 aromatic heterocycles. The molecule has 1 N–H and O–H groups in total. The van der Waals surface area contributed by atoms with E-state index in [0.29, 0.717) is 10.1 Å². The Morgan fingerprint density at radius 2 is 1.88 bits per heavy atom. The Bertz CT molecular complexity index is 823. The molecule has 1 saturated heterocycles. The molecular weight excluding hydrogens is 318 g/mol. The van der Waals surface area contributed by atoms with Crippen molar-refractivity contribution >= 4 is 40.3 Å². The van der Waals surface area contributed by atoms with Gasteiger partial charge in [-0.2, -0.15) is 0 Å². The van der Waals surface area contributed by atoms with Gasteiger partial charge in [0, 0.05) is 19.8 Å². The van der Waals surface area contributed by atoms with E-state index >= 15 is 0 Å². The van der Waals surface area contributed by atoms with Gasteiger partial charge in [-0.25, -0.2) is 4.99 Å². The van der Waals surface area contributed by atoms with E-state index in [4.69, 9.17) is 0 Å². The number of aliphatic imine (C=N–C) groups is 1. The number of nitrogens with one attached hydrogen (secondary N) is 1. The zero-order valence-electron chi connectivity index (χ0n) is 13.9. The van der Waals surface area contributed by atoms with Crippen LogP contribution in [0, 0.1) is 6.92 Å². The van der Waals surface area contributed by atoms with Crippen molar-refractivity contribution in [3.05, 3.63) is 64.6 Å². The van der Waals surface area contributed by atoms with Gasteiger partial charge < -0.3 is 10.2 Å². The predicted molar refractivity (Wildman–Crippen MR) is 103 cm³/mol. The Labute approximate surface area is 146 Å². The van der Waals surface area contributed by atoms with Crippen molar-refractivity contribution < 1.29 is 4.79 Å². The maximum atomic E-state index is 12.1. The van der Waals surface area contributed by atoms with E-state index in [2.05, 4.69) is 10.3 Å². The van der Waals surface area contributed by atoms with Crippen molar-refractivity contribution in [2.45, 2.75) is 6.92 Å². The first-order valence-electron chi connectivity index (χ1n) is 7.65. The topological polar surface area (TPSA) is 44.7 Å². The molecule has 1 fully saturated rings. The molecule has 5 heteroatoms. The first-order chi connectivity index (χ1) is 11.5. The molecule has 0 atom stereocenters. The maximum absolute atomic E-state index is 12.1. The molecule has 0 bridgehead atoms. The Hall–Kier alpha value is -2.53. The minimum Gasteiger partial charge on any atom is -0.378 e. The van der Waals surface area contributed by atoms with Gasteiger partial charge >= 0.3 is 0 Å². The first-order valence-corrected chi connectivity index (χ1v) is 8.46. The molecule has 0 radical (unpaired) electrons. The number of aryl methyl sites for hydroxylation is 1. The summed E-state index contributed by atoms with van der Waals surface area (Å²) in [5, 5.41) is 3.43. The lowest BCUT2D eigenvalue weighted by molar-refractivity contribution is -0.115. The number of nitrogens with zero attached hydrogens (tertiary/aromatic N) is 2. The van der Waals surface area contributed by atoms with E-state index in [1.807, 2.05) is 80.5 Å². The molecule has 122 valence electrons. The summed E-state index contributed by atoms with van der Waals surface area (Å²) in [6, 6.07) is 16.0. The second-order valence-electron chi connectivity index (χ2n) is 5.81. The zero-order valence-corrected chi connectivity index (χ0v) is 14.7. The van der Waals surface area contributed by atoms with Crippen molar-refractivity contribution in [2.75, 3.05) is 19.0 Å². The number of carbonyl (C=O) groups excluding carboxylic acids is 1. The number of rotatable bonds is 3. The molecule has 2 aromatic carbocycles. The van der Waals surface area contributed by atoms with E-state index in [1.54, 1.807) is 0 Å². The van der Waals surface area contributed by atoms with Crippen LogP contribution in [0.3, 0.4) is 0 Å². The number of amidine groups is 1. The number of anilines is 1. The summed E-state index contributed by atoms with van der Waals surface area (Å²) >= 11 is 1.36. The van der Waals surface area contributed by atoms with Gasteiger partial charge in [-0.1, -0.05) is 24.3 Å². The van der Waals surface area contributed by atoms with Crippen molar-refractivity contribution in [1.29, 1.82) is 0 Å². The summed E-state index contributed by atoms with van der Waals surface area (Å²) in [6.07, 6.45) is 1.89. The fourth-order valence-electron chi connectivity index (χ4n) is 2.32. The highest BCUT2D eigenvalue weighted by atomic mass is 32.2. The van der Waals surface area contributed by atoms with Crippen LogP contribution in [0.2, 0.25) is 0 Å². The summed E-state index contributed by atoms with van der Waals surface area (Å²) in [4.78, 5) is 19.3. The van der Waals surface area contributed by atoms with Crippen LogP contribution in [0.25, 0.3) is 6.08 Å². The van der Waals surface area contributed by atoms with Gasteiger partial charge in [0.25, 0.3) is 5.91 Å². The number of benzene rings is 2. The van der Waals surface area contributed by atoms with E-state index < -0.39 is 0 Å². The van der Waals surface area contributed by atoms with Gasteiger partial charge in [0.05, 0.1) is 10.6 Å². The predicted octanol–water partition coefficient (Wildman–Crippen LogP) is 3.95. The normalized spacial score (nSPS) is 17.4. The van der Waals surface area contributed by atoms with Gasteiger partial charge in [0.2, 0.25) is 0 Å². The van der Waals surface area contributed by atoms with Crippen molar-refractivity contribution in [3.63, 3.8) is 0 Å². The largest absolute Gasteiger partial charge is 0.378 e. The third-order valence-corrected chi connectivity index (χ3v) is 4.50. The van der Waals surface area contributed by atoms with Crippen molar-refractivity contribution in [1.82, 2.24) is 5.32 Å². The highest BCUT2D eigenvalue weighted by Crippen LogP contribution is 2.28. The van der Waals surface area contributed by atoms with Gasteiger partial charge in [0.15, 0.2) is 5.17 Å². The quantitative estimate of drug-likeness (QED) is 0.863. The number of amides is 1. The standard InChI is InChI=1S/C19H19N3OS/c1-13-5-4-6-15(11-13)20-19-21-18(23)17(24-19)12-14-7-9-16(10-8-14)22(2)3/h4-12H,1-3H3,(H,20,21,23)/b17-12+. The molecule has 0 aliphatic carbocycles. The number of thioether (sulfide) groups is 1. The Balaban J connectivity index is 1.79. The van der Waals surface area contributed by atoms with Gasteiger partial charge in [-0.05, 0) is 60.2 Å². The summed E-state index contributed by atoms with van der Waals surface area (Å²) in [7, 11) is 4.00. The molecule has 1 aliphatic rings. The van der Waals surface area contributed by atoms with Crippen LogP contribution in [0.15, 0.2) is 58.4 Å². The summed E-state index contributed by atoms with van der Waals surface area (Å²) in [5.41, 5.74) is 4.11. The molecule has 0 saturated carbocycles. The first kappa shape index (κ1) is 16.3. The zero-order chi connectivity index (χ0) is 17.1. The van der Waals surface area contributed by atoms with Gasteiger partial charge in [-0.15, -0.1) is 0 Å². The van der Waals surface area contributed by atoms with Gasteiger partial charge in [0.1, 0.15) is 0 Å². The van der Waals surface area contributed by atoms with Crippen molar-refractivity contribution in [2.24, 2.45) is 4.99 Å². The smallest absolute Gasteiger partial charge is 0.264 e. The maximum Gasteiger partial charge on any atom is 0.264 e. The minimum absolute atomic E-state index is 0.108. The lowest BCUT2D eigenvalue weighted by atomic mass is 10.2. The Morgan fingerprint density at radius 1 is 1.12 bits per heavy atom. The Kier molecular flexibility index (Phi) is 4.71. The van der Waals surface area contributed by atoms with Gasteiger partial charge in [-0.3, -0.25) is 4.79 Å². The lowest BCUT2D eigenvalue weighted by Gasteiger charge is -2.11. The fourth-order valence-corrected chi connectivity index (χ4v) is 3.16. The molecule has 4 nitrogen and oxygen atoms in total. The van der Waals surface area contributed by atoms with Crippen LogP contribution in [-0.2, 0) is 4.79 Å². The average Bonchev–Trinajstić information content (AvgIpc) is 2.87. The summed E-state index contributed by atoms with van der Waals surface area (Å²) in [6.45, 7) is 2.02. The van der Waals surface area contributed by atoms with E-state index in [-0.39, 0.29) is 5.91 Å². The lowest BCUT2D eigenvalue weighted by Crippen LogP contribution is -2.19. The second-order valence-corrected chi connectivity index (χ2v) is 6.84. The number of hydrogen-bond acceptors (Lipinski definition) is 4. The third kappa shape index (κ3) is 3.86. The molecule has 0 spiro atoms. The molecule has 2 aromatic rings. The monoisotopic (exact) mass is 337 g/mol. The molecular formula is C19H19N3OS. The summed E-state index contributed by atoms with van der Waals surface area (Å²) in [5.74, 6) is -0.108. The molecule has 0 unspecified atom stereocenters. The van der Waals surface area contributed by atoms with E-state index in [9.17, 15) is 4.79 Å². The van der Waals surface area contributed by atoms with Crippen LogP contribution in [0.1, 0.15) is 11.1 Å². The van der Waals surface area contributed by atoms with Crippen LogP contribution in [0.5, 0.6) is 0 Å². The SMILES string of the molecule is Cc1cccc(N=C2NC(=O)/C(=C\c3ccc(N(C)C)cc3)S2)c1. The highest BCUT2D eigenvalue weighted by molar-refractivity contribution is 8.18. The van der Waals surface area contributed by atoms with E-state index in [0.717, 1.165) is 22.5 Å². The van der Waals surface area contributed by atoms with Crippen LogP contribution in [-0.4, -0.2) is 25.2 Å². The second kappa shape index (κ2) is 6.93. The van der Waals surface area contributed by atoms with Crippen LogP contribution in [0.4, 0.5) is 11.4 Å². The number of carbonyl (C=O) groups is 1. The molecule has 1 amide bonds.